The summed E-state index contributed by atoms with van der Waals surface area (Å²) < 4.78 is 22.7. The number of carbonyl (C=O) groups is 1. The highest BCUT2D eigenvalue weighted by Gasteiger charge is 2.13. The predicted molar refractivity (Wildman–Crippen MR) is 79.0 cm³/mol. The standard InChI is InChI=1S/C13H11ClN2O4S/c1-21(19,20)9-4-2-8(3-5-9)15-12-10(13(17)18)6-7-11(14)16-12/h2-7H,1H3,(H,15,16)(H,17,18). The van der Waals surface area contributed by atoms with Crippen molar-refractivity contribution in [3.05, 3.63) is 47.1 Å². The molecule has 1 aromatic heterocycles. The van der Waals surface area contributed by atoms with Crippen molar-refractivity contribution in [3.8, 4) is 0 Å². The molecule has 1 aromatic carbocycles. The number of rotatable bonds is 4. The molecule has 0 atom stereocenters. The Morgan fingerprint density at radius 2 is 1.81 bits per heavy atom. The van der Waals surface area contributed by atoms with E-state index < -0.39 is 15.8 Å². The number of hydrogen-bond donors (Lipinski definition) is 2. The number of aromatic carboxylic acids is 1. The maximum atomic E-state index is 11.4. The summed E-state index contributed by atoms with van der Waals surface area (Å²) in [7, 11) is -3.28. The summed E-state index contributed by atoms with van der Waals surface area (Å²) >= 11 is 5.75. The van der Waals surface area contributed by atoms with E-state index in [1.807, 2.05) is 0 Å². The van der Waals surface area contributed by atoms with Gasteiger partial charge in [-0.1, -0.05) is 11.6 Å². The van der Waals surface area contributed by atoms with Gasteiger partial charge in [0.1, 0.15) is 16.5 Å². The van der Waals surface area contributed by atoms with Gasteiger partial charge in [-0.15, -0.1) is 0 Å². The molecule has 8 heteroatoms. The van der Waals surface area contributed by atoms with Crippen LogP contribution in [0.3, 0.4) is 0 Å². The molecular formula is C13H11ClN2O4S. The SMILES string of the molecule is CS(=O)(=O)c1ccc(Nc2nc(Cl)ccc2C(=O)O)cc1. The number of sulfone groups is 1. The number of halogens is 1. The Bertz CT molecular complexity index is 788. The van der Waals surface area contributed by atoms with Gasteiger partial charge in [-0.25, -0.2) is 18.2 Å². The maximum absolute atomic E-state index is 11.4. The molecule has 0 saturated heterocycles. The first kappa shape index (κ1) is 15.3. The van der Waals surface area contributed by atoms with Crippen molar-refractivity contribution < 1.29 is 18.3 Å². The normalized spacial score (nSPS) is 11.1. The van der Waals surface area contributed by atoms with E-state index in [1.165, 1.54) is 36.4 Å². The molecule has 0 radical (unpaired) electrons. The fourth-order valence-corrected chi connectivity index (χ4v) is 2.40. The first-order valence-corrected chi connectivity index (χ1v) is 8.01. The van der Waals surface area contributed by atoms with Crippen LogP contribution in [0, 0.1) is 0 Å². The van der Waals surface area contributed by atoms with E-state index in [0.717, 1.165) is 6.26 Å². The first-order chi connectivity index (χ1) is 9.77. The van der Waals surface area contributed by atoms with Crippen LogP contribution in [-0.2, 0) is 9.84 Å². The van der Waals surface area contributed by atoms with Gasteiger partial charge in [-0.3, -0.25) is 0 Å². The molecule has 0 fully saturated rings. The van der Waals surface area contributed by atoms with Gasteiger partial charge >= 0.3 is 5.97 Å². The lowest BCUT2D eigenvalue weighted by atomic mass is 10.2. The Hall–Kier alpha value is -2.12. The third kappa shape index (κ3) is 3.71. The van der Waals surface area contributed by atoms with Crippen molar-refractivity contribution in [2.75, 3.05) is 11.6 Å². The Morgan fingerprint density at radius 1 is 1.19 bits per heavy atom. The summed E-state index contributed by atoms with van der Waals surface area (Å²) in [5.41, 5.74) is 0.464. The van der Waals surface area contributed by atoms with Gasteiger partial charge in [0, 0.05) is 11.9 Å². The molecule has 0 aliphatic carbocycles. The summed E-state index contributed by atoms with van der Waals surface area (Å²) in [6, 6.07) is 8.59. The van der Waals surface area contributed by atoms with Crippen LogP contribution in [0.25, 0.3) is 0 Å². The summed E-state index contributed by atoms with van der Waals surface area (Å²) in [6.07, 6.45) is 1.11. The molecule has 2 N–H and O–H groups in total. The third-order valence-corrected chi connectivity index (χ3v) is 3.98. The maximum Gasteiger partial charge on any atom is 0.339 e. The minimum Gasteiger partial charge on any atom is -0.478 e. The van der Waals surface area contributed by atoms with E-state index in [2.05, 4.69) is 10.3 Å². The quantitative estimate of drug-likeness (QED) is 0.838. The van der Waals surface area contributed by atoms with E-state index in [9.17, 15) is 13.2 Å². The molecule has 0 aliphatic heterocycles. The second kappa shape index (κ2) is 5.71. The highest BCUT2D eigenvalue weighted by atomic mass is 35.5. The molecular weight excluding hydrogens is 316 g/mol. The summed E-state index contributed by atoms with van der Waals surface area (Å²) in [6.45, 7) is 0. The summed E-state index contributed by atoms with van der Waals surface area (Å²) in [4.78, 5) is 15.2. The first-order valence-electron chi connectivity index (χ1n) is 5.74. The van der Waals surface area contributed by atoms with Crippen LogP contribution < -0.4 is 5.32 Å². The number of nitrogens with zero attached hydrogens (tertiary/aromatic N) is 1. The number of benzene rings is 1. The number of carboxylic acid groups (broad SMARTS) is 1. The molecule has 2 aromatic rings. The summed E-state index contributed by atoms with van der Waals surface area (Å²) in [5.74, 6) is -1.06. The van der Waals surface area contributed by atoms with Gasteiger partial charge < -0.3 is 10.4 Å². The number of aromatic nitrogens is 1. The number of hydrogen-bond acceptors (Lipinski definition) is 5. The van der Waals surface area contributed by atoms with E-state index in [4.69, 9.17) is 16.7 Å². The molecule has 0 saturated carbocycles. The Kier molecular flexibility index (Phi) is 4.15. The predicted octanol–water partition coefficient (Wildman–Crippen LogP) is 2.58. The fraction of sp³-hybridized carbons (Fsp3) is 0.0769. The Balaban J connectivity index is 2.34. The van der Waals surface area contributed by atoms with Gasteiger partial charge in [0.05, 0.1) is 4.90 Å². The van der Waals surface area contributed by atoms with Crippen LogP contribution in [0.1, 0.15) is 10.4 Å². The highest BCUT2D eigenvalue weighted by molar-refractivity contribution is 7.90. The van der Waals surface area contributed by atoms with Crippen LogP contribution in [0.2, 0.25) is 5.15 Å². The minimum absolute atomic E-state index is 0.0356. The summed E-state index contributed by atoms with van der Waals surface area (Å²) in [5, 5.41) is 12.0. The van der Waals surface area contributed by atoms with Crippen molar-refractivity contribution in [3.63, 3.8) is 0 Å². The largest absolute Gasteiger partial charge is 0.478 e. The smallest absolute Gasteiger partial charge is 0.339 e. The topological polar surface area (TPSA) is 96.4 Å². The van der Waals surface area contributed by atoms with E-state index in [-0.39, 0.29) is 21.4 Å². The molecule has 0 amide bonds. The van der Waals surface area contributed by atoms with E-state index in [0.29, 0.717) is 5.69 Å². The minimum atomic E-state index is -3.28. The molecule has 0 bridgehead atoms. The van der Waals surface area contributed by atoms with Crippen LogP contribution >= 0.6 is 11.6 Å². The number of carboxylic acids is 1. The molecule has 1 heterocycles. The van der Waals surface area contributed by atoms with Gasteiger partial charge in [-0.05, 0) is 36.4 Å². The number of nitrogens with one attached hydrogen (secondary N) is 1. The molecule has 0 aliphatic rings. The Morgan fingerprint density at radius 3 is 2.33 bits per heavy atom. The van der Waals surface area contributed by atoms with E-state index in [1.54, 1.807) is 0 Å². The van der Waals surface area contributed by atoms with Crippen molar-refractivity contribution >= 4 is 38.9 Å². The third-order valence-electron chi connectivity index (χ3n) is 2.64. The van der Waals surface area contributed by atoms with Gasteiger partial charge in [0.2, 0.25) is 0 Å². The zero-order valence-corrected chi connectivity index (χ0v) is 12.4. The monoisotopic (exact) mass is 326 g/mol. The molecule has 6 nitrogen and oxygen atoms in total. The van der Waals surface area contributed by atoms with Crippen LogP contribution in [0.4, 0.5) is 11.5 Å². The lowest BCUT2D eigenvalue weighted by molar-refractivity contribution is 0.0697. The Labute approximate surface area is 126 Å². The molecule has 110 valence electrons. The van der Waals surface area contributed by atoms with Crippen molar-refractivity contribution in [2.24, 2.45) is 0 Å². The van der Waals surface area contributed by atoms with Gasteiger partial charge in [0.25, 0.3) is 0 Å². The van der Waals surface area contributed by atoms with Crippen LogP contribution in [0.5, 0.6) is 0 Å². The average Bonchev–Trinajstić information content (AvgIpc) is 2.38. The number of pyridine rings is 1. The lowest BCUT2D eigenvalue weighted by Crippen LogP contribution is -2.05. The second-order valence-electron chi connectivity index (χ2n) is 4.26. The van der Waals surface area contributed by atoms with Crippen LogP contribution in [-0.4, -0.2) is 30.7 Å². The highest BCUT2D eigenvalue weighted by Crippen LogP contribution is 2.22. The zero-order chi connectivity index (χ0) is 15.6. The number of anilines is 2. The molecule has 2 rings (SSSR count). The van der Waals surface area contributed by atoms with E-state index >= 15 is 0 Å². The van der Waals surface area contributed by atoms with Crippen molar-refractivity contribution in [1.29, 1.82) is 0 Å². The average molecular weight is 327 g/mol. The molecule has 0 unspecified atom stereocenters. The van der Waals surface area contributed by atoms with Crippen molar-refractivity contribution in [1.82, 2.24) is 4.98 Å². The fourth-order valence-electron chi connectivity index (χ4n) is 1.63. The molecule has 0 spiro atoms. The zero-order valence-electron chi connectivity index (χ0n) is 10.9. The molecule has 21 heavy (non-hydrogen) atoms. The lowest BCUT2D eigenvalue weighted by Gasteiger charge is -2.09. The van der Waals surface area contributed by atoms with Crippen molar-refractivity contribution in [2.45, 2.75) is 4.90 Å². The van der Waals surface area contributed by atoms with Crippen LogP contribution in [0.15, 0.2) is 41.3 Å². The second-order valence-corrected chi connectivity index (χ2v) is 6.66. The van der Waals surface area contributed by atoms with Gasteiger partial charge in [0.15, 0.2) is 9.84 Å². The van der Waals surface area contributed by atoms with Gasteiger partial charge in [-0.2, -0.15) is 0 Å².